The molecule has 3 amide bonds. The van der Waals surface area contributed by atoms with Crippen molar-refractivity contribution in [3.8, 4) is 0 Å². The summed E-state index contributed by atoms with van der Waals surface area (Å²) in [5.41, 5.74) is 1.39. The number of aliphatic hydroxyl groups excluding tert-OH is 1. The predicted octanol–water partition coefficient (Wildman–Crippen LogP) is 1.76. The summed E-state index contributed by atoms with van der Waals surface area (Å²) in [4.78, 5) is 51.4. The fourth-order valence-electron chi connectivity index (χ4n) is 3.39. The molecule has 0 aliphatic heterocycles. The molecule has 0 radical (unpaired) electrons. The lowest BCUT2D eigenvalue weighted by atomic mass is 9.94. The van der Waals surface area contributed by atoms with Crippen LogP contribution in [-0.2, 0) is 23.9 Å². The molecule has 10 heteroatoms. The topological polar surface area (TPSA) is 134 Å². The SMILES string of the molecule is CCOC(=O)CCNC(=O)C(c1c(C)cccc1C)N(C)C(=O)C(CO)NC(=O)OC(C)(C)C. The highest BCUT2D eigenvalue weighted by Crippen LogP contribution is 2.27. The van der Waals surface area contributed by atoms with Crippen LogP contribution in [0.1, 0.15) is 56.8 Å². The number of hydrogen-bond donors (Lipinski definition) is 3. The summed E-state index contributed by atoms with van der Waals surface area (Å²) in [5.74, 6) is -1.63. The lowest BCUT2D eigenvalue weighted by Crippen LogP contribution is -2.53. The van der Waals surface area contributed by atoms with E-state index in [2.05, 4.69) is 10.6 Å². The van der Waals surface area contributed by atoms with Crippen molar-refractivity contribution in [1.82, 2.24) is 15.5 Å². The molecule has 10 nitrogen and oxygen atoms in total. The van der Waals surface area contributed by atoms with Crippen molar-refractivity contribution >= 4 is 23.9 Å². The Labute approximate surface area is 201 Å². The summed E-state index contributed by atoms with van der Waals surface area (Å²) in [6.45, 7) is 9.93. The van der Waals surface area contributed by atoms with Gasteiger partial charge in [0.2, 0.25) is 11.8 Å². The highest BCUT2D eigenvalue weighted by molar-refractivity contribution is 5.92. The summed E-state index contributed by atoms with van der Waals surface area (Å²) in [6, 6.07) is 3.10. The lowest BCUT2D eigenvalue weighted by Gasteiger charge is -2.32. The van der Waals surface area contributed by atoms with Gasteiger partial charge in [0.05, 0.1) is 19.6 Å². The van der Waals surface area contributed by atoms with E-state index in [1.165, 1.54) is 11.9 Å². The zero-order chi connectivity index (χ0) is 26.1. The molecule has 2 unspecified atom stereocenters. The van der Waals surface area contributed by atoms with Crippen molar-refractivity contribution < 1.29 is 33.8 Å². The normalized spacial score (nSPS) is 12.8. The van der Waals surface area contributed by atoms with E-state index < -0.39 is 48.2 Å². The Morgan fingerprint density at radius 3 is 2.21 bits per heavy atom. The number of likely N-dealkylation sites (N-methyl/N-ethyl adjacent to an activating group) is 1. The van der Waals surface area contributed by atoms with Gasteiger partial charge < -0.3 is 30.1 Å². The van der Waals surface area contributed by atoms with Crippen LogP contribution in [0.3, 0.4) is 0 Å². The molecule has 0 heterocycles. The van der Waals surface area contributed by atoms with Gasteiger partial charge in [-0.25, -0.2) is 4.79 Å². The maximum atomic E-state index is 13.2. The minimum atomic E-state index is -1.32. The summed E-state index contributed by atoms with van der Waals surface area (Å²) < 4.78 is 10.0. The molecule has 34 heavy (non-hydrogen) atoms. The van der Waals surface area contributed by atoms with E-state index >= 15 is 0 Å². The van der Waals surface area contributed by atoms with Gasteiger partial charge in [0.1, 0.15) is 17.7 Å². The van der Waals surface area contributed by atoms with Crippen molar-refractivity contribution in [3.05, 3.63) is 34.9 Å². The second kappa shape index (κ2) is 12.9. The Balaban J connectivity index is 3.17. The molecule has 0 aromatic heterocycles. The van der Waals surface area contributed by atoms with E-state index in [9.17, 15) is 24.3 Å². The van der Waals surface area contributed by atoms with Crippen LogP contribution in [0.15, 0.2) is 18.2 Å². The van der Waals surface area contributed by atoms with E-state index in [-0.39, 0.29) is 19.6 Å². The summed E-state index contributed by atoms with van der Waals surface area (Å²) in [5, 5.41) is 14.8. The molecule has 0 saturated carbocycles. The first-order valence-corrected chi connectivity index (χ1v) is 11.2. The lowest BCUT2D eigenvalue weighted by molar-refractivity contribution is -0.144. The Bertz CT molecular complexity index is 860. The Morgan fingerprint density at radius 2 is 1.71 bits per heavy atom. The number of nitrogens with one attached hydrogen (secondary N) is 2. The minimum absolute atomic E-state index is 0.0177. The number of aliphatic hydroxyl groups is 1. The number of alkyl carbamates (subject to hydrolysis) is 1. The molecule has 1 aromatic rings. The highest BCUT2D eigenvalue weighted by Gasteiger charge is 2.35. The Morgan fingerprint density at radius 1 is 1.12 bits per heavy atom. The highest BCUT2D eigenvalue weighted by atomic mass is 16.6. The average molecular weight is 480 g/mol. The number of aryl methyl sites for hydroxylation is 2. The van der Waals surface area contributed by atoms with Crippen molar-refractivity contribution in [2.75, 3.05) is 26.8 Å². The molecule has 1 aromatic carbocycles. The van der Waals surface area contributed by atoms with Crippen LogP contribution in [0, 0.1) is 13.8 Å². The van der Waals surface area contributed by atoms with Crippen molar-refractivity contribution in [2.24, 2.45) is 0 Å². The number of hydrogen-bond acceptors (Lipinski definition) is 7. The molecule has 3 N–H and O–H groups in total. The van der Waals surface area contributed by atoms with E-state index in [0.717, 1.165) is 11.1 Å². The molecule has 0 aliphatic rings. The fourth-order valence-corrected chi connectivity index (χ4v) is 3.39. The quantitative estimate of drug-likeness (QED) is 0.435. The molecule has 1 rings (SSSR count). The smallest absolute Gasteiger partial charge is 0.408 e. The maximum Gasteiger partial charge on any atom is 0.408 e. The first kappa shape index (κ1) is 28.9. The van der Waals surface area contributed by atoms with Gasteiger partial charge in [0.15, 0.2) is 0 Å². The molecule has 2 atom stereocenters. The van der Waals surface area contributed by atoms with Crippen molar-refractivity contribution in [2.45, 2.75) is 65.6 Å². The monoisotopic (exact) mass is 479 g/mol. The molecule has 0 saturated heterocycles. The maximum absolute atomic E-state index is 13.2. The van der Waals surface area contributed by atoms with Crippen LogP contribution in [-0.4, -0.2) is 72.3 Å². The first-order valence-electron chi connectivity index (χ1n) is 11.2. The van der Waals surface area contributed by atoms with Gasteiger partial charge in [-0.15, -0.1) is 0 Å². The summed E-state index contributed by atoms with van der Waals surface area (Å²) >= 11 is 0. The molecular weight excluding hydrogens is 442 g/mol. The van der Waals surface area contributed by atoms with Crippen LogP contribution >= 0.6 is 0 Å². The van der Waals surface area contributed by atoms with Gasteiger partial charge in [-0.05, 0) is 58.2 Å². The molecule has 0 aliphatic carbocycles. The third-order valence-electron chi connectivity index (χ3n) is 4.90. The van der Waals surface area contributed by atoms with Gasteiger partial charge in [-0.1, -0.05) is 18.2 Å². The van der Waals surface area contributed by atoms with E-state index in [1.54, 1.807) is 27.7 Å². The standard InChI is InChI=1S/C24H37N3O7/c1-8-33-18(29)12-13-25-21(30)20(19-15(2)10-9-11-16(19)3)27(7)22(31)17(14-28)26-23(32)34-24(4,5)6/h9-11,17,20,28H,8,12-14H2,1-7H3,(H,25,30)(H,26,32). The van der Waals surface area contributed by atoms with Crippen LogP contribution < -0.4 is 10.6 Å². The fraction of sp³-hybridized carbons (Fsp3) is 0.583. The van der Waals surface area contributed by atoms with Crippen LogP contribution in [0.25, 0.3) is 0 Å². The van der Waals surface area contributed by atoms with Crippen LogP contribution in [0.2, 0.25) is 0 Å². The molecule has 190 valence electrons. The number of carbonyl (C=O) groups excluding carboxylic acids is 4. The second-order valence-corrected chi connectivity index (χ2v) is 8.88. The number of nitrogens with zero attached hydrogens (tertiary/aromatic N) is 1. The van der Waals surface area contributed by atoms with Crippen molar-refractivity contribution in [3.63, 3.8) is 0 Å². The zero-order valence-corrected chi connectivity index (χ0v) is 21.1. The van der Waals surface area contributed by atoms with Crippen LogP contribution in [0.4, 0.5) is 4.79 Å². The van der Waals surface area contributed by atoms with Gasteiger partial charge in [0, 0.05) is 13.6 Å². The zero-order valence-electron chi connectivity index (χ0n) is 21.1. The van der Waals surface area contributed by atoms with Gasteiger partial charge in [0.25, 0.3) is 0 Å². The second-order valence-electron chi connectivity index (χ2n) is 8.88. The number of ether oxygens (including phenoxy) is 2. The molecule has 0 spiro atoms. The summed E-state index contributed by atoms with van der Waals surface area (Å²) in [7, 11) is 1.42. The molecular formula is C24H37N3O7. The average Bonchev–Trinajstić information content (AvgIpc) is 2.72. The number of esters is 1. The summed E-state index contributed by atoms with van der Waals surface area (Å²) in [6.07, 6.45) is -0.883. The number of rotatable bonds is 10. The molecule has 0 fully saturated rings. The first-order chi connectivity index (χ1) is 15.8. The Kier molecular flexibility index (Phi) is 11.0. The number of carbonyl (C=O) groups is 4. The number of amides is 3. The van der Waals surface area contributed by atoms with E-state index in [0.29, 0.717) is 5.56 Å². The van der Waals surface area contributed by atoms with Crippen LogP contribution in [0.5, 0.6) is 0 Å². The van der Waals surface area contributed by atoms with Crippen molar-refractivity contribution in [1.29, 1.82) is 0 Å². The van der Waals surface area contributed by atoms with E-state index in [4.69, 9.17) is 9.47 Å². The predicted molar refractivity (Wildman–Crippen MR) is 126 cm³/mol. The minimum Gasteiger partial charge on any atom is -0.466 e. The van der Waals surface area contributed by atoms with Gasteiger partial charge >= 0.3 is 12.1 Å². The Hall–Kier alpha value is -3.14. The van der Waals surface area contributed by atoms with E-state index in [1.807, 2.05) is 32.0 Å². The largest absolute Gasteiger partial charge is 0.466 e. The number of benzene rings is 1. The van der Waals surface area contributed by atoms with Gasteiger partial charge in [-0.3, -0.25) is 14.4 Å². The third-order valence-corrected chi connectivity index (χ3v) is 4.90. The van der Waals surface area contributed by atoms with Gasteiger partial charge in [-0.2, -0.15) is 0 Å². The third kappa shape index (κ3) is 8.66. The molecule has 0 bridgehead atoms.